The van der Waals surface area contributed by atoms with Crippen LogP contribution in [0.3, 0.4) is 0 Å². The number of amides is 1. The summed E-state index contributed by atoms with van der Waals surface area (Å²) in [6, 6.07) is 1.33. The molecule has 1 rings (SSSR count). The third-order valence-corrected chi connectivity index (χ3v) is 3.59. The van der Waals surface area contributed by atoms with Crippen molar-refractivity contribution in [1.82, 2.24) is 9.47 Å². The number of halogens is 2. The Balaban J connectivity index is 3.06. The van der Waals surface area contributed by atoms with Gasteiger partial charge in [-0.05, 0) is 19.9 Å². The first kappa shape index (κ1) is 15.9. The summed E-state index contributed by atoms with van der Waals surface area (Å²) >= 11 is 11.8. The third-order valence-electron chi connectivity index (χ3n) is 2.75. The van der Waals surface area contributed by atoms with Gasteiger partial charge in [0.15, 0.2) is 0 Å². The molecule has 0 radical (unpaired) electrons. The summed E-state index contributed by atoms with van der Waals surface area (Å²) in [5.74, 6) is -0.801. The smallest absolute Gasteiger partial charge is 0.325 e. The van der Waals surface area contributed by atoms with Crippen LogP contribution in [0.15, 0.2) is 6.07 Å². The van der Waals surface area contributed by atoms with Crippen LogP contribution in [0.25, 0.3) is 0 Å². The van der Waals surface area contributed by atoms with Crippen molar-refractivity contribution < 1.29 is 14.3 Å². The van der Waals surface area contributed by atoms with Crippen LogP contribution in [0.1, 0.15) is 24.3 Å². The van der Waals surface area contributed by atoms with Gasteiger partial charge in [0.2, 0.25) is 0 Å². The van der Waals surface area contributed by atoms with Crippen molar-refractivity contribution in [1.29, 1.82) is 0 Å². The van der Waals surface area contributed by atoms with E-state index in [0.29, 0.717) is 10.7 Å². The number of esters is 1. The molecule has 1 aromatic heterocycles. The summed E-state index contributed by atoms with van der Waals surface area (Å²) in [6.07, 6.45) is 0. The Morgan fingerprint density at radius 2 is 2.00 bits per heavy atom. The molecule has 0 unspecified atom stereocenters. The largest absolute Gasteiger partial charge is 0.468 e. The first-order chi connectivity index (χ1) is 8.79. The zero-order valence-electron chi connectivity index (χ0n) is 11.2. The molecule has 0 atom stereocenters. The maximum atomic E-state index is 12.4. The zero-order valence-corrected chi connectivity index (χ0v) is 12.7. The highest BCUT2D eigenvalue weighted by molar-refractivity contribution is 6.41. The summed E-state index contributed by atoms with van der Waals surface area (Å²) in [7, 11) is 2.92. The van der Waals surface area contributed by atoms with Crippen molar-refractivity contribution in [2.24, 2.45) is 7.05 Å². The first-order valence-electron chi connectivity index (χ1n) is 5.68. The molecule has 1 amide bonds. The fraction of sp³-hybridized carbons (Fsp3) is 0.500. The number of hydrogen-bond donors (Lipinski definition) is 0. The van der Waals surface area contributed by atoms with Gasteiger partial charge in [0.05, 0.1) is 12.1 Å². The molecule has 5 nitrogen and oxygen atoms in total. The van der Waals surface area contributed by atoms with Crippen LogP contribution in [-0.2, 0) is 16.6 Å². The summed E-state index contributed by atoms with van der Waals surface area (Å²) in [6.45, 7) is 3.51. The molecule has 19 heavy (non-hydrogen) atoms. The van der Waals surface area contributed by atoms with Gasteiger partial charge in [0, 0.05) is 13.1 Å². The molecule has 106 valence electrons. The number of aromatic nitrogens is 1. The lowest BCUT2D eigenvalue weighted by molar-refractivity contribution is -0.141. The Morgan fingerprint density at radius 3 is 2.37 bits per heavy atom. The number of carbonyl (C=O) groups is 2. The van der Waals surface area contributed by atoms with Gasteiger partial charge in [-0.1, -0.05) is 23.2 Å². The van der Waals surface area contributed by atoms with E-state index >= 15 is 0 Å². The molecule has 0 aliphatic heterocycles. The van der Waals surface area contributed by atoms with Crippen molar-refractivity contribution in [2.45, 2.75) is 19.9 Å². The summed E-state index contributed by atoms with van der Waals surface area (Å²) < 4.78 is 6.07. The molecule has 7 heteroatoms. The predicted octanol–water partition coefficient (Wildman–Crippen LogP) is 2.36. The fourth-order valence-electron chi connectivity index (χ4n) is 1.59. The molecule has 0 spiro atoms. The van der Waals surface area contributed by atoms with E-state index in [-0.39, 0.29) is 23.6 Å². The average molecular weight is 307 g/mol. The van der Waals surface area contributed by atoms with Gasteiger partial charge >= 0.3 is 5.97 Å². The van der Waals surface area contributed by atoms with Crippen LogP contribution < -0.4 is 0 Å². The summed E-state index contributed by atoms with van der Waals surface area (Å²) in [5.41, 5.74) is 0.326. The second kappa shape index (κ2) is 6.30. The van der Waals surface area contributed by atoms with Crippen LogP contribution in [-0.4, -0.2) is 41.0 Å². The van der Waals surface area contributed by atoms with Gasteiger partial charge in [-0.25, -0.2) is 0 Å². The summed E-state index contributed by atoms with van der Waals surface area (Å²) in [4.78, 5) is 25.1. The monoisotopic (exact) mass is 306 g/mol. The molecule has 0 saturated heterocycles. The number of hydrogen-bond acceptors (Lipinski definition) is 3. The minimum absolute atomic E-state index is 0.118. The molecule has 0 aliphatic rings. The Kier molecular flexibility index (Phi) is 5.26. The third kappa shape index (κ3) is 3.42. The maximum absolute atomic E-state index is 12.4. The minimum atomic E-state index is -0.478. The Hall–Kier alpha value is -1.20. The van der Waals surface area contributed by atoms with Gasteiger partial charge in [0.1, 0.15) is 17.4 Å². The van der Waals surface area contributed by atoms with E-state index in [9.17, 15) is 9.59 Å². The van der Waals surface area contributed by atoms with Crippen LogP contribution in [0, 0.1) is 0 Å². The van der Waals surface area contributed by atoms with Crippen molar-refractivity contribution in [3.05, 3.63) is 21.9 Å². The number of methoxy groups -OCH3 is 1. The van der Waals surface area contributed by atoms with E-state index in [2.05, 4.69) is 4.74 Å². The molecule has 0 fully saturated rings. The predicted molar refractivity (Wildman–Crippen MR) is 73.6 cm³/mol. The first-order valence-corrected chi connectivity index (χ1v) is 6.43. The highest BCUT2D eigenvalue weighted by atomic mass is 35.5. The van der Waals surface area contributed by atoms with Crippen molar-refractivity contribution in [3.8, 4) is 0 Å². The van der Waals surface area contributed by atoms with Crippen LogP contribution >= 0.6 is 23.2 Å². The minimum Gasteiger partial charge on any atom is -0.468 e. The quantitative estimate of drug-likeness (QED) is 0.802. The number of carbonyl (C=O) groups excluding carboxylic acids is 2. The molecular weight excluding hydrogens is 291 g/mol. The lowest BCUT2D eigenvalue weighted by atomic mass is 10.2. The maximum Gasteiger partial charge on any atom is 0.325 e. The average Bonchev–Trinajstić information content (AvgIpc) is 2.62. The Bertz CT molecular complexity index is 497. The molecule has 1 aromatic rings. The van der Waals surface area contributed by atoms with Gasteiger partial charge < -0.3 is 14.2 Å². The van der Waals surface area contributed by atoms with E-state index in [4.69, 9.17) is 23.2 Å². The number of nitrogens with zero attached hydrogens (tertiary/aromatic N) is 2. The lowest BCUT2D eigenvalue weighted by Gasteiger charge is -2.25. The normalized spacial score (nSPS) is 10.7. The van der Waals surface area contributed by atoms with Crippen LogP contribution in [0.4, 0.5) is 0 Å². The van der Waals surface area contributed by atoms with E-state index in [1.54, 1.807) is 7.05 Å². The van der Waals surface area contributed by atoms with E-state index in [1.165, 1.54) is 22.6 Å². The highest BCUT2D eigenvalue weighted by Gasteiger charge is 2.25. The highest BCUT2D eigenvalue weighted by Crippen LogP contribution is 2.26. The molecule has 1 heterocycles. The van der Waals surface area contributed by atoms with Crippen LogP contribution in [0.5, 0.6) is 0 Å². The molecule has 0 bridgehead atoms. The number of ether oxygens (including phenoxy) is 1. The van der Waals surface area contributed by atoms with E-state index in [1.807, 2.05) is 13.8 Å². The Morgan fingerprint density at radius 1 is 1.42 bits per heavy atom. The van der Waals surface area contributed by atoms with Gasteiger partial charge in [-0.2, -0.15) is 0 Å². The fourth-order valence-corrected chi connectivity index (χ4v) is 1.96. The Labute approximate surface area is 122 Å². The topological polar surface area (TPSA) is 51.5 Å². The molecular formula is C12H16Cl2N2O3. The molecule has 0 aliphatic carbocycles. The lowest BCUT2D eigenvalue weighted by Crippen LogP contribution is -2.41. The molecule has 0 aromatic carbocycles. The second-order valence-electron chi connectivity index (χ2n) is 4.33. The van der Waals surface area contributed by atoms with Crippen LogP contribution in [0.2, 0.25) is 10.2 Å². The van der Waals surface area contributed by atoms with E-state index in [0.717, 1.165) is 0 Å². The van der Waals surface area contributed by atoms with Gasteiger partial charge in [-0.3, -0.25) is 9.59 Å². The van der Waals surface area contributed by atoms with Crippen molar-refractivity contribution in [3.63, 3.8) is 0 Å². The molecule has 0 N–H and O–H groups in total. The second-order valence-corrected chi connectivity index (χ2v) is 5.10. The molecule has 0 saturated carbocycles. The number of rotatable bonds is 4. The van der Waals surface area contributed by atoms with E-state index < -0.39 is 5.97 Å². The van der Waals surface area contributed by atoms with Gasteiger partial charge in [-0.15, -0.1) is 0 Å². The van der Waals surface area contributed by atoms with Crippen molar-refractivity contribution >= 4 is 35.1 Å². The zero-order chi connectivity index (χ0) is 14.7. The van der Waals surface area contributed by atoms with Gasteiger partial charge in [0.25, 0.3) is 5.91 Å². The summed E-state index contributed by atoms with van der Waals surface area (Å²) in [5, 5.41) is 0.584. The van der Waals surface area contributed by atoms with Crippen molar-refractivity contribution in [2.75, 3.05) is 13.7 Å². The SMILES string of the molecule is COC(=O)CN(C(=O)c1cc(Cl)c(Cl)n1C)C(C)C. The standard InChI is InChI=1S/C12H16Cl2N2O3/c1-7(2)16(6-10(17)19-4)12(18)9-5-8(13)11(14)15(9)3/h5,7H,6H2,1-4H3.